The molecule has 0 aliphatic rings. The molecule has 14 heavy (non-hydrogen) atoms. The van der Waals surface area contributed by atoms with Crippen LogP contribution in [0.4, 0.5) is 0 Å². The molecule has 0 bridgehead atoms. The Hall–Kier alpha value is -0.340. The maximum Gasteiger partial charge on any atom is 0.0462 e. The molecule has 0 fully saturated rings. The van der Waals surface area contributed by atoms with Gasteiger partial charge in [0.25, 0.3) is 0 Å². The Morgan fingerprint density at radius 2 is 2.14 bits per heavy atom. The second kappa shape index (κ2) is 9.22. The van der Waals surface area contributed by atoms with Gasteiger partial charge in [-0.25, -0.2) is 0 Å². The van der Waals surface area contributed by atoms with Crippen LogP contribution in [0.15, 0.2) is 11.6 Å². The molecule has 0 rings (SSSR count). The van der Waals surface area contributed by atoms with Crippen LogP contribution in [-0.2, 0) is 4.74 Å². The van der Waals surface area contributed by atoms with Gasteiger partial charge in [-0.05, 0) is 39.7 Å². The third-order valence-electron chi connectivity index (χ3n) is 2.05. The molecule has 0 aromatic carbocycles. The highest BCUT2D eigenvalue weighted by atomic mass is 16.5. The van der Waals surface area contributed by atoms with Crippen molar-refractivity contribution in [3.8, 4) is 0 Å². The van der Waals surface area contributed by atoms with Crippen LogP contribution < -0.4 is 5.32 Å². The molecule has 1 N–H and O–H groups in total. The van der Waals surface area contributed by atoms with Gasteiger partial charge in [0.1, 0.15) is 0 Å². The predicted molar refractivity (Wildman–Crippen MR) is 62.6 cm³/mol. The Morgan fingerprint density at radius 1 is 1.43 bits per heavy atom. The second-order valence-electron chi connectivity index (χ2n) is 3.94. The van der Waals surface area contributed by atoms with Gasteiger partial charge < -0.3 is 10.1 Å². The van der Waals surface area contributed by atoms with Crippen molar-refractivity contribution in [2.45, 2.75) is 46.1 Å². The molecule has 1 atom stereocenters. The minimum Gasteiger partial charge on any atom is -0.385 e. The molecule has 0 aliphatic heterocycles. The van der Waals surface area contributed by atoms with E-state index in [1.807, 2.05) is 0 Å². The van der Waals surface area contributed by atoms with E-state index < -0.39 is 0 Å². The second-order valence-corrected chi connectivity index (χ2v) is 3.94. The van der Waals surface area contributed by atoms with Crippen molar-refractivity contribution < 1.29 is 4.74 Å². The van der Waals surface area contributed by atoms with Gasteiger partial charge in [-0.15, -0.1) is 0 Å². The number of nitrogens with one attached hydrogen (secondary N) is 1. The van der Waals surface area contributed by atoms with Gasteiger partial charge in [-0.1, -0.05) is 18.6 Å². The first kappa shape index (κ1) is 13.7. The number of methoxy groups -OCH3 is 1. The number of hydrogen-bond donors (Lipinski definition) is 1. The van der Waals surface area contributed by atoms with Crippen molar-refractivity contribution in [3.63, 3.8) is 0 Å². The first-order chi connectivity index (χ1) is 6.70. The van der Waals surface area contributed by atoms with Crippen LogP contribution in [0.25, 0.3) is 0 Å². The fraction of sp³-hybridized carbons (Fsp3) is 0.833. The summed E-state index contributed by atoms with van der Waals surface area (Å²) in [6, 6.07) is 0.523. The lowest BCUT2D eigenvalue weighted by atomic mass is 10.1. The van der Waals surface area contributed by atoms with Gasteiger partial charge in [-0.2, -0.15) is 0 Å². The summed E-state index contributed by atoms with van der Waals surface area (Å²) in [4.78, 5) is 0. The highest BCUT2D eigenvalue weighted by molar-refractivity contribution is 5.00. The first-order valence-electron chi connectivity index (χ1n) is 5.58. The molecule has 2 heteroatoms. The molecular weight excluding hydrogens is 174 g/mol. The Balaban J connectivity index is 3.79. The quantitative estimate of drug-likeness (QED) is 0.479. The lowest BCUT2D eigenvalue weighted by Crippen LogP contribution is -2.28. The maximum absolute atomic E-state index is 5.05. The van der Waals surface area contributed by atoms with Crippen LogP contribution in [-0.4, -0.2) is 26.3 Å². The summed E-state index contributed by atoms with van der Waals surface area (Å²) >= 11 is 0. The number of allylic oxidation sites excluding steroid dienone is 1. The summed E-state index contributed by atoms with van der Waals surface area (Å²) in [6.45, 7) is 8.46. The number of rotatable bonds is 8. The van der Waals surface area contributed by atoms with Gasteiger partial charge in [0, 0.05) is 19.8 Å². The van der Waals surface area contributed by atoms with Gasteiger partial charge in [0.05, 0.1) is 0 Å². The molecule has 0 aromatic heterocycles. The molecule has 0 radical (unpaired) electrons. The highest BCUT2D eigenvalue weighted by Crippen LogP contribution is 2.03. The SMILES string of the molecule is CCCNC(C=C(C)C)CCCOC. The largest absolute Gasteiger partial charge is 0.385 e. The lowest BCUT2D eigenvalue weighted by molar-refractivity contribution is 0.190. The van der Waals surface area contributed by atoms with Crippen molar-refractivity contribution in [3.05, 3.63) is 11.6 Å². The average Bonchev–Trinajstić information content (AvgIpc) is 2.13. The molecule has 0 aliphatic carbocycles. The van der Waals surface area contributed by atoms with Gasteiger partial charge in [-0.3, -0.25) is 0 Å². The fourth-order valence-electron chi connectivity index (χ4n) is 1.42. The monoisotopic (exact) mass is 199 g/mol. The van der Waals surface area contributed by atoms with Crippen LogP contribution in [0.2, 0.25) is 0 Å². The van der Waals surface area contributed by atoms with E-state index >= 15 is 0 Å². The normalized spacial score (nSPS) is 12.6. The molecule has 0 spiro atoms. The van der Waals surface area contributed by atoms with E-state index in [2.05, 4.69) is 32.2 Å². The average molecular weight is 199 g/mol. The summed E-state index contributed by atoms with van der Waals surface area (Å²) in [6.07, 6.45) is 5.80. The topological polar surface area (TPSA) is 21.3 Å². The van der Waals surface area contributed by atoms with Crippen molar-refractivity contribution in [2.24, 2.45) is 0 Å². The summed E-state index contributed by atoms with van der Waals surface area (Å²) in [7, 11) is 1.76. The minimum atomic E-state index is 0.523. The van der Waals surface area contributed by atoms with Gasteiger partial charge in [0.15, 0.2) is 0 Å². The van der Waals surface area contributed by atoms with Gasteiger partial charge >= 0.3 is 0 Å². The zero-order valence-corrected chi connectivity index (χ0v) is 10.1. The summed E-state index contributed by atoms with van der Waals surface area (Å²) < 4.78 is 5.05. The van der Waals surface area contributed by atoms with Crippen LogP contribution in [0.5, 0.6) is 0 Å². The summed E-state index contributed by atoms with van der Waals surface area (Å²) in [5.74, 6) is 0. The molecule has 1 unspecified atom stereocenters. The smallest absolute Gasteiger partial charge is 0.0462 e. The van der Waals surface area contributed by atoms with Gasteiger partial charge in [0.2, 0.25) is 0 Å². The van der Waals surface area contributed by atoms with Crippen molar-refractivity contribution in [2.75, 3.05) is 20.3 Å². The number of hydrogen-bond acceptors (Lipinski definition) is 2. The zero-order valence-electron chi connectivity index (χ0n) is 10.1. The summed E-state index contributed by atoms with van der Waals surface area (Å²) in [5.41, 5.74) is 1.39. The maximum atomic E-state index is 5.05. The van der Waals surface area contributed by atoms with Crippen molar-refractivity contribution in [1.82, 2.24) is 5.32 Å². The van der Waals surface area contributed by atoms with Crippen LogP contribution >= 0.6 is 0 Å². The Morgan fingerprint density at radius 3 is 2.64 bits per heavy atom. The standard InChI is InChI=1S/C12H25NO/c1-5-8-13-12(10-11(2)3)7-6-9-14-4/h10,12-13H,5-9H2,1-4H3. The van der Waals surface area contributed by atoms with E-state index in [1.165, 1.54) is 18.4 Å². The first-order valence-corrected chi connectivity index (χ1v) is 5.58. The molecule has 0 amide bonds. The Labute approximate surface area is 88.7 Å². The zero-order chi connectivity index (χ0) is 10.8. The highest BCUT2D eigenvalue weighted by Gasteiger charge is 2.03. The van der Waals surface area contributed by atoms with E-state index in [0.717, 1.165) is 19.6 Å². The van der Waals surface area contributed by atoms with Crippen LogP contribution in [0.1, 0.15) is 40.0 Å². The lowest BCUT2D eigenvalue weighted by Gasteiger charge is -2.14. The Kier molecular flexibility index (Phi) is 9.00. The minimum absolute atomic E-state index is 0.523. The van der Waals surface area contributed by atoms with E-state index in [-0.39, 0.29) is 0 Å². The third-order valence-corrected chi connectivity index (χ3v) is 2.05. The molecule has 0 aromatic rings. The van der Waals surface area contributed by atoms with Crippen molar-refractivity contribution >= 4 is 0 Å². The molecular formula is C12H25NO. The van der Waals surface area contributed by atoms with Crippen LogP contribution in [0.3, 0.4) is 0 Å². The Bertz CT molecular complexity index is 150. The van der Waals surface area contributed by atoms with Crippen LogP contribution in [0, 0.1) is 0 Å². The van der Waals surface area contributed by atoms with E-state index in [4.69, 9.17) is 4.74 Å². The van der Waals surface area contributed by atoms with E-state index in [9.17, 15) is 0 Å². The van der Waals surface area contributed by atoms with E-state index in [1.54, 1.807) is 7.11 Å². The molecule has 0 saturated heterocycles. The number of ether oxygens (including phenoxy) is 1. The molecule has 84 valence electrons. The molecule has 2 nitrogen and oxygen atoms in total. The third kappa shape index (κ3) is 8.27. The van der Waals surface area contributed by atoms with Crippen molar-refractivity contribution in [1.29, 1.82) is 0 Å². The molecule has 0 saturated carbocycles. The fourth-order valence-corrected chi connectivity index (χ4v) is 1.42. The van der Waals surface area contributed by atoms with E-state index in [0.29, 0.717) is 6.04 Å². The molecule has 0 heterocycles. The predicted octanol–water partition coefficient (Wildman–Crippen LogP) is 2.75. The summed E-state index contributed by atoms with van der Waals surface area (Å²) in [5, 5.41) is 3.53.